The Labute approximate surface area is 196 Å². The fraction of sp³-hybridized carbons (Fsp3) is 0.217. The van der Waals surface area contributed by atoms with Crippen LogP contribution in [0.25, 0.3) is 0 Å². The van der Waals surface area contributed by atoms with E-state index in [4.69, 9.17) is 11.6 Å². The number of allylic oxidation sites excluding steroid dienone is 1. The molecule has 2 amide bonds. The van der Waals surface area contributed by atoms with Crippen molar-refractivity contribution in [2.24, 2.45) is 0 Å². The molecule has 1 heterocycles. The highest BCUT2D eigenvalue weighted by molar-refractivity contribution is 7.99. The van der Waals surface area contributed by atoms with E-state index < -0.39 is 6.04 Å². The molecule has 0 radical (unpaired) electrons. The number of nitrogens with one attached hydrogen (secondary N) is 2. The fourth-order valence-corrected chi connectivity index (χ4v) is 3.98. The first-order valence-corrected chi connectivity index (χ1v) is 11.3. The van der Waals surface area contributed by atoms with Crippen LogP contribution < -0.4 is 10.6 Å². The van der Waals surface area contributed by atoms with Crippen LogP contribution in [0.15, 0.2) is 66.3 Å². The Morgan fingerprint density at radius 1 is 1.22 bits per heavy atom. The Balaban J connectivity index is 1.67. The van der Waals surface area contributed by atoms with Crippen molar-refractivity contribution in [2.75, 3.05) is 11.1 Å². The summed E-state index contributed by atoms with van der Waals surface area (Å²) in [5.74, 6) is 0.343. The minimum absolute atomic E-state index is 0.138. The third-order valence-electron chi connectivity index (χ3n) is 4.63. The highest BCUT2D eigenvalue weighted by atomic mass is 35.5. The molecule has 0 aliphatic heterocycles. The average Bonchev–Trinajstić information content (AvgIpc) is 3.17. The van der Waals surface area contributed by atoms with Crippen molar-refractivity contribution in [2.45, 2.75) is 31.6 Å². The van der Waals surface area contributed by atoms with E-state index >= 15 is 0 Å². The molecule has 0 saturated carbocycles. The number of thioether (sulfide) groups is 1. The van der Waals surface area contributed by atoms with Crippen molar-refractivity contribution in [3.63, 3.8) is 0 Å². The number of anilines is 1. The van der Waals surface area contributed by atoms with E-state index in [2.05, 4.69) is 27.4 Å². The molecule has 0 aliphatic rings. The summed E-state index contributed by atoms with van der Waals surface area (Å²) in [7, 11) is 0. The van der Waals surface area contributed by atoms with Crippen LogP contribution >= 0.6 is 23.4 Å². The number of carbonyl (C=O) groups is 2. The van der Waals surface area contributed by atoms with Gasteiger partial charge < -0.3 is 15.2 Å². The van der Waals surface area contributed by atoms with Gasteiger partial charge in [0.2, 0.25) is 5.91 Å². The number of carbonyl (C=O) groups excluding carboxylic acids is 2. The van der Waals surface area contributed by atoms with E-state index in [1.54, 1.807) is 30.3 Å². The van der Waals surface area contributed by atoms with Gasteiger partial charge in [-0.3, -0.25) is 9.59 Å². The summed E-state index contributed by atoms with van der Waals surface area (Å²) in [6.45, 7) is 8.00. The van der Waals surface area contributed by atoms with E-state index in [9.17, 15) is 9.59 Å². The number of aryl methyl sites for hydroxylation is 1. The van der Waals surface area contributed by atoms with Gasteiger partial charge in [-0.2, -0.15) is 0 Å². The smallest absolute Gasteiger partial charge is 0.251 e. The summed E-state index contributed by atoms with van der Waals surface area (Å²) >= 11 is 7.25. The van der Waals surface area contributed by atoms with Crippen LogP contribution in [-0.2, 0) is 11.3 Å². The van der Waals surface area contributed by atoms with Gasteiger partial charge >= 0.3 is 0 Å². The highest BCUT2D eigenvalue weighted by Crippen LogP contribution is 2.22. The van der Waals surface area contributed by atoms with E-state index in [0.717, 1.165) is 11.3 Å². The molecular weight excluding hydrogens is 446 g/mol. The first-order valence-electron chi connectivity index (χ1n) is 9.97. The molecule has 3 aromatic rings. The molecular formula is C23H24ClN5O2S. The fourth-order valence-electron chi connectivity index (χ4n) is 3.03. The first-order chi connectivity index (χ1) is 15.4. The minimum atomic E-state index is -0.413. The van der Waals surface area contributed by atoms with Crippen molar-refractivity contribution in [3.05, 3.63) is 83.2 Å². The molecule has 0 saturated heterocycles. The summed E-state index contributed by atoms with van der Waals surface area (Å²) < 4.78 is 1.83. The molecule has 2 N–H and O–H groups in total. The van der Waals surface area contributed by atoms with Gasteiger partial charge in [0, 0.05) is 22.8 Å². The number of benzene rings is 2. The van der Waals surface area contributed by atoms with Crippen LogP contribution in [0.4, 0.5) is 5.69 Å². The summed E-state index contributed by atoms with van der Waals surface area (Å²) in [5, 5.41) is 15.3. The molecule has 0 fully saturated rings. The van der Waals surface area contributed by atoms with Gasteiger partial charge in [0.25, 0.3) is 5.91 Å². The lowest BCUT2D eigenvalue weighted by atomic mass is 10.2. The minimum Gasteiger partial charge on any atom is -0.342 e. The van der Waals surface area contributed by atoms with Crippen LogP contribution in [0, 0.1) is 6.92 Å². The van der Waals surface area contributed by atoms with Crippen molar-refractivity contribution < 1.29 is 9.59 Å². The van der Waals surface area contributed by atoms with Crippen LogP contribution in [0.3, 0.4) is 0 Å². The lowest BCUT2D eigenvalue weighted by Gasteiger charge is -2.15. The van der Waals surface area contributed by atoms with Crippen molar-refractivity contribution in [1.29, 1.82) is 0 Å². The van der Waals surface area contributed by atoms with Crippen LogP contribution in [-0.4, -0.2) is 32.3 Å². The maximum atomic E-state index is 12.6. The molecule has 2 aromatic carbocycles. The molecule has 0 aliphatic carbocycles. The second-order valence-corrected chi connectivity index (χ2v) is 8.48. The maximum Gasteiger partial charge on any atom is 0.251 e. The molecule has 0 bridgehead atoms. The number of hydrogen-bond acceptors (Lipinski definition) is 5. The zero-order valence-corrected chi connectivity index (χ0v) is 19.4. The Bertz CT molecular complexity index is 1130. The summed E-state index contributed by atoms with van der Waals surface area (Å²) in [6.07, 6.45) is 1.72. The van der Waals surface area contributed by atoms with Gasteiger partial charge in [0.15, 0.2) is 11.0 Å². The van der Waals surface area contributed by atoms with Gasteiger partial charge in [-0.05, 0) is 43.7 Å². The predicted octanol–water partition coefficient (Wildman–Crippen LogP) is 4.65. The zero-order valence-electron chi connectivity index (χ0n) is 17.8. The molecule has 1 unspecified atom stereocenters. The Morgan fingerprint density at radius 2 is 2.00 bits per heavy atom. The Hall–Kier alpha value is -3.10. The normalized spacial score (nSPS) is 11.6. The number of amides is 2. The number of hydrogen-bond donors (Lipinski definition) is 2. The maximum absolute atomic E-state index is 12.6. The predicted molar refractivity (Wildman–Crippen MR) is 128 cm³/mol. The largest absolute Gasteiger partial charge is 0.342 e. The number of nitrogens with zero attached hydrogens (tertiary/aromatic N) is 3. The highest BCUT2D eigenvalue weighted by Gasteiger charge is 2.20. The van der Waals surface area contributed by atoms with E-state index in [0.29, 0.717) is 28.1 Å². The molecule has 0 spiro atoms. The van der Waals surface area contributed by atoms with Gasteiger partial charge in [0.1, 0.15) is 0 Å². The molecule has 32 heavy (non-hydrogen) atoms. The lowest BCUT2D eigenvalue weighted by Crippen LogP contribution is -2.28. The number of aromatic nitrogens is 3. The average molecular weight is 470 g/mol. The topological polar surface area (TPSA) is 88.9 Å². The molecule has 166 valence electrons. The lowest BCUT2D eigenvalue weighted by molar-refractivity contribution is -0.113. The van der Waals surface area contributed by atoms with Gasteiger partial charge in [0.05, 0.1) is 11.8 Å². The molecule has 1 aromatic heterocycles. The van der Waals surface area contributed by atoms with Gasteiger partial charge in [-0.25, -0.2) is 0 Å². The standard InChI is InChI=1S/C23H24ClN5O2S/c1-4-12-29-21(16(3)25-22(31)17-9-7-10-18(24)13-17)27-28-23(29)32-14-20(30)26-19-11-6-5-8-15(19)2/h4-11,13,16H,1,12,14H2,2-3H3,(H,25,31)(H,26,30). The third kappa shape index (κ3) is 5.99. The zero-order chi connectivity index (χ0) is 23.1. The van der Waals surface area contributed by atoms with Crippen LogP contribution in [0.1, 0.15) is 34.7 Å². The third-order valence-corrected chi connectivity index (χ3v) is 5.83. The second-order valence-electron chi connectivity index (χ2n) is 7.10. The number of para-hydroxylation sites is 1. The van der Waals surface area contributed by atoms with Crippen molar-refractivity contribution in [3.8, 4) is 0 Å². The quantitative estimate of drug-likeness (QED) is 0.352. The van der Waals surface area contributed by atoms with Gasteiger partial charge in [-0.1, -0.05) is 53.7 Å². The molecule has 9 heteroatoms. The van der Waals surface area contributed by atoms with Crippen molar-refractivity contribution >= 4 is 40.9 Å². The van der Waals surface area contributed by atoms with Crippen molar-refractivity contribution in [1.82, 2.24) is 20.1 Å². The van der Waals surface area contributed by atoms with E-state index in [-0.39, 0.29) is 17.6 Å². The molecule has 7 nitrogen and oxygen atoms in total. The summed E-state index contributed by atoms with van der Waals surface area (Å²) in [5.41, 5.74) is 2.23. The summed E-state index contributed by atoms with van der Waals surface area (Å²) in [6, 6.07) is 13.9. The van der Waals surface area contributed by atoms with Crippen LogP contribution in [0.5, 0.6) is 0 Å². The SMILES string of the molecule is C=CCn1c(SCC(=O)Nc2ccccc2C)nnc1C(C)NC(=O)c1cccc(Cl)c1. The number of rotatable bonds is 9. The van der Waals surface area contributed by atoms with Crippen LogP contribution in [0.2, 0.25) is 5.02 Å². The Morgan fingerprint density at radius 3 is 2.72 bits per heavy atom. The number of halogens is 1. The molecule has 3 rings (SSSR count). The summed E-state index contributed by atoms with van der Waals surface area (Å²) in [4.78, 5) is 25.0. The first kappa shape index (κ1) is 23.6. The van der Waals surface area contributed by atoms with Gasteiger partial charge in [-0.15, -0.1) is 16.8 Å². The van der Waals surface area contributed by atoms with E-state index in [1.165, 1.54) is 11.8 Å². The second kappa shape index (κ2) is 11.0. The van der Waals surface area contributed by atoms with E-state index in [1.807, 2.05) is 42.7 Å². The molecule has 1 atom stereocenters. The monoisotopic (exact) mass is 469 g/mol. The Kier molecular flexibility index (Phi) is 8.08.